The number of carbonyl (C=O) groups excluding carboxylic acids is 1. The lowest BCUT2D eigenvalue weighted by atomic mass is 10.1. The second-order valence-electron chi connectivity index (χ2n) is 6.00. The molecule has 0 spiro atoms. The van der Waals surface area contributed by atoms with Crippen molar-refractivity contribution in [1.82, 2.24) is 10.2 Å². The quantitative estimate of drug-likeness (QED) is 0.363. The van der Waals surface area contributed by atoms with Crippen LogP contribution in [0.3, 0.4) is 0 Å². The number of benzene rings is 2. The molecule has 0 aliphatic heterocycles. The molecular weight excluding hydrogens is 437 g/mol. The van der Waals surface area contributed by atoms with Crippen LogP contribution in [0.5, 0.6) is 5.75 Å². The van der Waals surface area contributed by atoms with Crippen molar-refractivity contribution in [1.29, 1.82) is 0 Å². The minimum Gasteiger partial charge on any atom is -0.484 e. The number of hydrogen-bond acceptors (Lipinski definition) is 6. The Morgan fingerprint density at radius 2 is 1.82 bits per heavy atom. The molecule has 1 heterocycles. The van der Waals surface area contributed by atoms with Crippen LogP contribution in [0.15, 0.2) is 40.7 Å². The summed E-state index contributed by atoms with van der Waals surface area (Å²) in [5, 5.41) is 12.6. The molecule has 0 saturated heterocycles. The van der Waals surface area contributed by atoms with Gasteiger partial charge in [0.15, 0.2) is 10.9 Å². The molecule has 0 aliphatic rings. The van der Waals surface area contributed by atoms with Crippen LogP contribution in [0.1, 0.15) is 16.7 Å². The lowest BCUT2D eigenvalue weighted by Crippen LogP contribution is -2.20. The fourth-order valence-corrected chi connectivity index (χ4v) is 4.30. The van der Waals surface area contributed by atoms with Crippen LogP contribution in [0.2, 0.25) is 10.0 Å². The zero-order valence-corrected chi connectivity index (χ0v) is 18.3. The van der Waals surface area contributed by atoms with Gasteiger partial charge in [0.05, 0.1) is 0 Å². The predicted octanol–water partition coefficient (Wildman–Crippen LogP) is 5.77. The smallest absolute Gasteiger partial charge is 0.264 e. The van der Waals surface area contributed by atoms with Gasteiger partial charge >= 0.3 is 0 Å². The average Bonchev–Trinajstić information content (AvgIpc) is 3.11. The zero-order valence-electron chi connectivity index (χ0n) is 15.2. The van der Waals surface area contributed by atoms with E-state index in [1.807, 2.05) is 38.1 Å². The molecule has 9 heteroatoms. The summed E-state index contributed by atoms with van der Waals surface area (Å²) in [4.78, 5) is 12.1. The van der Waals surface area contributed by atoms with Crippen LogP contribution < -0.4 is 10.1 Å². The summed E-state index contributed by atoms with van der Waals surface area (Å²) in [5.74, 6) is 1.06. The maximum atomic E-state index is 12.1. The Morgan fingerprint density at radius 1 is 1.14 bits per heavy atom. The van der Waals surface area contributed by atoms with E-state index in [0.717, 1.165) is 26.8 Å². The molecule has 1 aromatic heterocycles. The fraction of sp³-hybridized carbons (Fsp3) is 0.211. The van der Waals surface area contributed by atoms with Crippen molar-refractivity contribution in [2.45, 2.75) is 23.9 Å². The fourth-order valence-electron chi connectivity index (χ4n) is 2.34. The highest BCUT2D eigenvalue weighted by atomic mass is 35.5. The van der Waals surface area contributed by atoms with Gasteiger partial charge in [-0.2, -0.15) is 0 Å². The maximum Gasteiger partial charge on any atom is 0.264 e. The molecule has 28 heavy (non-hydrogen) atoms. The third-order valence-corrected chi connectivity index (χ3v) is 6.60. The molecule has 0 unspecified atom stereocenters. The number of carbonyl (C=O) groups is 1. The summed E-state index contributed by atoms with van der Waals surface area (Å²) in [5.41, 5.74) is 2.95. The topological polar surface area (TPSA) is 64.1 Å². The van der Waals surface area contributed by atoms with Crippen molar-refractivity contribution in [2.24, 2.45) is 0 Å². The summed E-state index contributed by atoms with van der Waals surface area (Å²) >= 11 is 14.9. The van der Waals surface area contributed by atoms with Gasteiger partial charge in [-0.15, -0.1) is 10.2 Å². The number of anilines is 1. The summed E-state index contributed by atoms with van der Waals surface area (Å²) in [7, 11) is 0. The van der Waals surface area contributed by atoms with Crippen LogP contribution in [0.4, 0.5) is 5.13 Å². The highest BCUT2D eigenvalue weighted by Crippen LogP contribution is 2.29. The number of rotatable bonds is 7. The summed E-state index contributed by atoms with van der Waals surface area (Å²) in [6, 6.07) is 11.3. The van der Waals surface area contributed by atoms with Gasteiger partial charge < -0.3 is 4.74 Å². The molecule has 2 aromatic carbocycles. The van der Waals surface area contributed by atoms with Crippen LogP contribution in [-0.2, 0) is 10.5 Å². The van der Waals surface area contributed by atoms with Gasteiger partial charge in [-0.05, 0) is 54.8 Å². The first-order valence-electron chi connectivity index (χ1n) is 8.31. The van der Waals surface area contributed by atoms with Crippen molar-refractivity contribution >= 4 is 57.3 Å². The highest BCUT2D eigenvalue weighted by molar-refractivity contribution is 8.00. The lowest BCUT2D eigenvalue weighted by Gasteiger charge is -2.09. The van der Waals surface area contributed by atoms with Gasteiger partial charge in [0.1, 0.15) is 5.75 Å². The first kappa shape index (κ1) is 20.9. The number of ether oxygens (including phenoxy) is 1. The van der Waals surface area contributed by atoms with Gasteiger partial charge in [0.2, 0.25) is 5.13 Å². The molecule has 0 fully saturated rings. The van der Waals surface area contributed by atoms with Crippen molar-refractivity contribution in [3.63, 3.8) is 0 Å². The molecule has 0 saturated carbocycles. The minimum atomic E-state index is -0.296. The van der Waals surface area contributed by atoms with Crippen molar-refractivity contribution in [2.75, 3.05) is 11.9 Å². The van der Waals surface area contributed by atoms with Crippen molar-refractivity contribution < 1.29 is 9.53 Å². The molecule has 0 atom stereocenters. The minimum absolute atomic E-state index is 0.118. The molecule has 3 aromatic rings. The second kappa shape index (κ2) is 9.60. The third kappa shape index (κ3) is 5.85. The van der Waals surface area contributed by atoms with Gasteiger partial charge in [0, 0.05) is 15.8 Å². The predicted molar refractivity (Wildman–Crippen MR) is 116 cm³/mol. The van der Waals surface area contributed by atoms with E-state index in [1.165, 1.54) is 11.3 Å². The van der Waals surface area contributed by atoms with Gasteiger partial charge in [-0.25, -0.2) is 0 Å². The van der Waals surface area contributed by atoms with Crippen molar-refractivity contribution in [3.8, 4) is 5.75 Å². The summed E-state index contributed by atoms with van der Waals surface area (Å²) in [6.07, 6.45) is 0. The number of hydrogen-bond donors (Lipinski definition) is 1. The molecular formula is C19H17Cl2N3O2S2. The lowest BCUT2D eigenvalue weighted by molar-refractivity contribution is -0.118. The molecule has 146 valence electrons. The Kier molecular flexibility index (Phi) is 7.18. The Morgan fingerprint density at radius 3 is 2.50 bits per heavy atom. The van der Waals surface area contributed by atoms with Gasteiger partial charge in [0.25, 0.3) is 5.91 Å². The van der Waals surface area contributed by atoms with Crippen LogP contribution in [0.25, 0.3) is 0 Å². The molecule has 1 N–H and O–H groups in total. The van der Waals surface area contributed by atoms with Gasteiger partial charge in [-0.1, -0.05) is 58.4 Å². The number of nitrogens with one attached hydrogen (secondary N) is 1. The maximum absolute atomic E-state index is 12.1. The van der Waals surface area contributed by atoms with Crippen LogP contribution in [0, 0.1) is 13.8 Å². The number of nitrogens with zero attached hydrogens (tertiary/aromatic N) is 2. The molecule has 0 aliphatic carbocycles. The van der Waals surface area contributed by atoms with Gasteiger partial charge in [-0.3, -0.25) is 10.1 Å². The molecule has 3 rings (SSSR count). The number of halogens is 2. The van der Waals surface area contributed by atoms with E-state index in [9.17, 15) is 4.79 Å². The normalized spacial score (nSPS) is 10.7. The van der Waals surface area contributed by atoms with E-state index in [2.05, 4.69) is 15.5 Å². The monoisotopic (exact) mass is 453 g/mol. The molecule has 0 radical (unpaired) electrons. The number of amides is 1. The average molecular weight is 454 g/mol. The number of aryl methyl sites for hydroxylation is 2. The molecule has 0 bridgehead atoms. The Labute approximate surface area is 181 Å². The Hall–Kier alpha value is -1.80. The summed E-state index contributed by atoms with van der Waals surface area (Å²) < 4.78 is 6.32. The van der Waals surface area contributed by atoms with Crippen molar-refractivity contribution in [3.05, 3.63) is 63.1 Å². The Bertz CT molecular complexity index is 955. The van der Waals surface area contributed by atoms with E-state index in [4.69, 9.17) is 27.9 Å². The first-order chi connectivity index (χ1) is 13.4. The molecule has 1 amide bonds. The number of aromatic nitrogens is 2. The van der Waals surface area contributed by atoms with E-state index >= 15 is 0 Å². The SMILES string of the molecule is Cc1cc(OCC(=O)Nc2nnc(SCc3ccc(Cl)cc3)s2)cc(C)c1Cl. The third-order valence-electron chi connectivity index (χ3n) is 3.71. The van der Waals surface area contributed by atoms with Crippen LogP contribution in [-0.4, -0.2) is 22.7 Å². The Balaban J connectivity index is 1.49. The van der Waals surface area contributed by atoms with E-state index in [1.54, 1.807) is 23.9 Å². The van der Waals surface area contributed by atoms with Crippen LogP contribution >= 0.6 is 46.3 Å². The standard InChI is InChI=1S/C19H17Cl2N3O2S2/c1-11-7-15(8-12(2)17(11)21)26-9-16(25)22-18-23-24-19(28-18)27-10-13-3-5-14(20)6-4-13/h3-8H,9-10H2,1-2H3,(H,22,23,25). The largest absolute Gasteiger partial charge is 0.484 e. The number of thioether (sulfide) groups is 1. The highest BCUT2D eigenvalue weighted by Gasteiger charge is 2.11. The summed E-state index contributed by atoms with van der Waals surface area (Å²) in [6.45, 7) is 3.67. The second-order valence-corrected chi connectivity index (χ2v) is 9.01. The van der Waals surface area contributed by atoms with E-state index in [-0.39, 0.29) is 12.5 Å². The van der Waals surface area contributed by atoms with E-state index < -0.39 is 0 Å². The van der Waals surface area contributed by atoms with E-state index in [0.29, 0.717) is 20.9 Å². The zero-order chi connectivity index (χ0) is 20.1. The first-order valence-corrected chi connectivity index (χ1v) is 10.9. The molecule has 5 nitrogen and oxygen atoms in total.